The van der Waals surface area contributed by atoms with Crippen LogP contribution in [0.1, 0.15) is 6.42 Å². The minimum atomic E-state index is -0.468. The highest BCUT2D eigenvalue weighted by Gasteiger charge is 2.13. The van der Waals surface area contributed by atoms with Gasteiger partial charge in [0.15, 0.2) is 11.5 Å². The summed E-state index contributed by atoms with van der Waals surface area (Å²) in [5, 5.41) is 9.76. The van der Waals surface area contributed by atoms with Crippen LogP contribution in [0.5, 0.6) is 0 Å². The van der Waals surface area contributed by atoms with E-state index in [1.165, 1.54) is 22.7 Å². The van der Waals surface area contributed by atoms with E-state index < -0.39 is 5.82 Å². The van der Waals surface area contributed by atoms with Crippen LogP contribution in [0.15, 0.2) is 47.3 Å². The lowest BCUT2D eigenvalue weighted by molar-refractivity contribution is 0.405. The van der Waals surface area contributed by atoms with Gasteiger partial charge in [-0.2, -0.15) is 4.52 Å². The van der Waals surface area contributed by atoms with Crippen LogP contribution in [0.2, 0.25) is 0 Å². The average Bonchev–Trinajstić information content (AvgIpc) is 2.66. The number of halogens is 1. The zero-order valence-electron chi connectivity index (χ0n) is 15.2. The maximum absolute atomic E-state index is 13.6. The van der Waals surface area contributed by atoms with E-state index in [1.807, 2.05) is 38.4 Å². The van der Waals surface area contributed by atoms with Crippen molar-refractivity contribution in [3.63, 3.8) is 0 Å². The number of hydrogen-bond acceptors (Lipinski definition) is 5. The molecule has 27 heavy (non-hydrogen) atoms. The van der Waals surface area contributed by atoms with Crippen molar-refractivity contribution in [1.82, 2.24) is 19.5 Å². The lowest BCUT2D eigenvalue weighted by Gasteiger charge is -2.13. The van der Waals surface area contributed by atoms with Gasteiger partial charge in [0.1, 0.15) is 5.82 Å². The number of rotatable bonds is 5. The molecular formula is C20H20FN5O. The van der Waals surface area contributed by atoms with Crippen molar-refractivity contribution in [2.75, 3.05) is 32.5 Å². The molecule has 0 bridgehead atoms. The smallest absolute Gasteiger partial charge is 0.282 e. The van der Waals surface area contributed by atoms with E-state index in [-0.39, 0.29) is 10.9 Å². The first-order valence-corrected chi connectivity index (χ1v) is 8.84. The minimum absolute atomic E-state index is 0.217. The molecule has 6 nitrogen and oxygen atoms in total. The molecule has 2 aromatic heterocycles. The lowest BCUT2D eigenvalue weighted by atomic mass is 10.1. The molecule has 2 aromatic carbocycles. The van der Waals surface area contributed by atoms with E-state index in [0.717, 1.165) is 30.3 Å². The molecule has 0 aliphatic heterocycles. The van der Waals surface area contributed by atoms with E-state index in [2.05, 4.69) is 20.3 Å². The normalized spacial score (nSPS) is 11.7. The summed E-state index contributed by atoms with van der Waals surface area (Å²) in [7, 11) is 4.05. The highest BCUT2D eigenvalue weighted by Crippen LogP contribution is 2.24. The molecule has 2 heterocycles. The molecule has 0 saturated carbocycles. The predicted molar refractivity (Wildman–Crippen MR) is 106 cm³/mol. The van der Waals surface area contributed by atoms with Crippen LogP contribution in [0.3, 0.4) is 0 Å². The summed E-state index contributed by atoms with van der Waals surface area (Å²) in [6.07, 6.45) is 0.942. The van der Waals surface area contributed by atoms with Gasteiger partial charge in [-0.25, -0.2) is 9.37 Å². The Balaban J connectivity index is 1.91. The fourth-order valence-corrected chi connectivity index (χ4v) is 3.19. The Morgan fingerprint density at radius 1 is 1.11 bits per heavy atom. The van der Waals surface area contributed by atoms with Crippen molar-refractivity contribution in [3.05, 3.63) is 58.6 Å². The van der Waals surface area contributed by atoms with E-state index in [9.17, 15) is 9.18 Å². The molecule has 0 aliphatic rings. The van der Waals surface area contributed by atoms with Crippen molar-refractivity contribution in [2.24, 2.45) is 0 Å². The van der Waals surface area contributed by atoms with Crippen LogP contribution in [0.4, 0.5) is 10.2 Å². The molecule has 0 radical (unpaired) electrons. The third-order valence-electron chi connectivity index (χ3n) is 4.51. The summed E-state index contributed by atoms with van der Waals surface area (Å²) in [5.74, 6) is 0.153. The molecular weight excluding hydrogens is 345 g/mol. The topological polar surface area (TPSA) is 62.5 Å². The van der Waals surface area contributed by atoms with Gasteiger partial charge < -0.3 is 10.2 Å². The van der Waals surface area contributed by atoms with Crippen molar-refractivity contribution in [2.45, 2.75) is 6.42 Å². The van der Waals surface area contributed by atoms with E-state index in [1.54, 1.807) is 0 Å². The van der Waals surface area contributed by atoms with Gasteiger partial charge in [0.25, 0.3) is 5.56 Å². The number of aromatic nitrogens is 3. The second kappa shape index (κ2) is 6.92. The number of nitrogens with one attached hydrogen (secondary N) is 1. The summed E-state index contributed by atoms with van der Waals surface area (Å²) in [6.45, 7) is 1.68. The Morgan fingerprint density at radius 2 is 1.89 bits per heavy atom. The fourth-order valence-electron chi connectivity index (χ4n) is 3.19. The zero-order valence-corrected chi connectivity index (χ0v) is 15.2. The fraction of sp³-hybridized carbons (Fsp3) is 0.250. The monoisotopic (exact) mass is 365 g/mol. The first-order valence-electron chi connectivity index (χ1n) is 8.84. The van der Waals surface area contributed by atoms with Gasteiger partial charge in [-0.3, -0.25) is 4.79 Å². The van der Waals surface area contributed by atoms with Gasteiger partial charge in [-0.05, 0) is 45.3 Å². The number of fused-ring (bicyclic) bond motifs is 4. The van der Waals surface area contributed by atoms with E-state index in [4.69, 9.17) is 0 Å². The molecule has 0 saturated heterocycles. The molecule has 4 rings (SSSR count). The van der Waals surface area contributed by atoms with Gasteiger partial charge in [-0.15, -0.1) is 5.10 Å². The Kier molecular flexibility index (Phi) is 4.45. The summed E-state index contributed by atoms with van der Waals surface area (Å²) < 4.78 is 14.9. The Labute approximate surface area is 155 Å². The molecule has 0 fully saturated rings. The van der Waals surface area contributed by atoms with Gasteiger partial charge in [0, 0.05) is 17.3 Å². The molecule has 4 aromatic rings. The number of anilines is 1. The third-order valence-corrected chi connectivity index (χ3v) is 4.51. The number of nitrogens with zero attached hydrogens (tertiary/aromatic N) is 4. The van der Waals surface area contributed by atoms with Crippen molar-refractivity contribution >= 4 is 33.1 Å². The van der Waals surface area contributed by atoms with Gasteiger partial charge in [-0.1, -0.05) is 24.3 Å². The first kappa shape index (κ1) is 17.4. The van der Waals surface area contributed by atoms with Crippen LogP contribution in [0.25, 0.3) is 27.3 Å². The Bertz CT molecular complexity index is 1200. The largest absolute Gasteiger partial charge is 0.368 e. The standard InChI is InChI=1S/C20H20FN5O/c1-25(2)11-5-10-22-18-14-6-3-4-7-15(14)19-23-17-9-8-13(21)12-16(17)20(27)26(19)24-18/h3-4,6-9,12H,5,10-11H2,1-2H3,(H,22,24). The van der Waals surface area contributed by atoms with Gasteiger partial charge in [0.05, 0.1) is 10.9 Å². The second-order valence-electron chi connectivity index (χ2n) is 6.79. The minimum Gasteiger partial charge on any atom is -0.368 e. The Hall–Kier alpha value is -3.06. The van der Waals surface area contributed by atoms with Crippen molar-refractivity contribution < 1.29 is 4.39 Å². The highest BCUT2D eigenvalue weighted by atomic mass is 19.1. The molecule has 1 N–H and O–H groups in total. The number of hydrogen-bond donors (Lipinski definition) is 1. The predicted octanol–water partition coefficient (Wildman–Crippen LogP) is 2.90. The zero-order chi connectivity index (χ0) is 19.0. The second-order valence-corrected chi connectivity index (χ2v) is 6.79. The lowest BCUT2D eigenvalue weighted by Crippen LogP contribution is -2.21. The summed E-state index contributed by atoms with van der Waals surface area (Å²) >= 11 is 0. The van der Waals surface area contributed by atoms with Gasteiger partial charge in [0.2, 0.25) is 0 Å². The van der Waals surface area contributed by atoms with E-state index >= 15 is 0 Å². The molecule has 0 unspecified atom stereocenters. The van der Waals surface area contributed by atoms with Crippen LogP contribution >= 0.6 is 0 Å². The summed E-state index contributed by atoms with van der Waals surface area (Å²) in [4.78, 5) is 19.6. The van der Waals surface area contributed by atoms with E-state index in [0.29, 0.717) is 17.0 Å². The third kappa shape index (κ3) is 3.21. The average molecular weight is 365 g/mol. The molecule has 0 aliphatic carbocycles. The maximum atomic E-state index is 13.6. The highest BCUT2D eigenvalue weighted by molar-refractivity contribution is 6.01. The maximum Gasteiger partial charge on any atom is 0.282 e. The molecule has 138 valence electrons. The summed E-state index contributed by atoms with van der Waals surface area (Å²) in [5.41, 5.74) is 0.546. The van der Waals surface area contributed by atoms with Gasteiger partial charge >= 0.3 is 0 Å². The van der Waals surface area contributed by atoms with Crippen LogP contribution < -0.4 is 10.9 Å². The molecule has 0 atom stereocenters. The van der Waals surface area contributed by atoms with Crippen LogP contribution in [0, 0.1) is 5.82 Å². The van der Waals surface area contributed by atoms with Crippen LogP contribution in [-0.2, 0) is 0 Å². The summed E-state index contributed by atoms with van der Waals surface area (Å²) in [6, 6.07) is 11.7. The van der Waals surface area contributed by atoms with Crippen molar-refractivity contribution in [1.29, 1.82) is 0 Å². The Morgan fingerprint density at radius 3 is 2.67 bits per heavy atom. The van der Waals surface area contributed by atoms with Crippen molar-refractivity contribution in [3.8, 4) is 0 Å². The quantitative estimate of drug-likeness (QED) is 0.335. The molecule has 0 spiro atoms. The van der Waals surface area contributed by atoms with Crippen LogP contribution in [-0.4, -0.2) is 46.7 Å². The number of benzene rings is 2. The first-order chi connectivity index (χ1) is 13.0. The molecule has 0 amide bonds. The SMILES string of the molecule is CN(C)CCCNc1nn2c(=O)c3cc(F)ccc3nc2c2ccccc12. The molecule has 7 heteroatoms.